The van der Waals surface area contributed by atoms with E-state index in [4.69, 9.17) is 27.9 Å². The Morgan fingerprint density at radius 1 is 1.21 bits per heavy atom. The minimum absolute atomic E-state index is 0.0208. The van der Waals surface area contributed by atoms with Crippen LogP contribution in [0.25, 0.3) is 0 Å². The molecular weight excluding hydrogens is 411 g/mol. The van der Waals surface area contributed by atoms with Gasteiger partial charge >= 0.3 is 0 Å². The van der Waals surface area contributed by atoms with Gasteiger partial charge in [0.2, 0.25) is 5.91 Å². The molecule has 0 saturated carbocycles. The molecule has 0 unspecified atom stereocenters. The van der Waals surface area contributed by atoms with Crippen LogP contribution in [0.1, 0.15) is 38.1 Å². The predicted molar refractivity (Wildman–Crippen MR) is 117 cm³/mol. The third kappa shape index (κ3) is 4.68. The highest BCUT2D eigenvalue weighted by Gasteiger charge is 2.38. The van der Waals surface area contributed by atoms with Gasteiger partial charge in [0.15, 0.2) is 0 Å². The summed E-state index contributed by atoms with van der Waals surface area (Å²) >= 11 is 12.1. The lowest BCUT2D eigenvalue weighted by Gasteiger charge is -2.29. The zero-order valence-electron chi connectivity index (χ0n) is 16.9. The van der Waals surface area contributed by atoms with Gasteiger partial charge in [0.1, 0.15) is 12.4 Å². The highest BCUT2D eigenvalue weighted by atomic mass is 35.5. The molecule has 154 valence electrons. The van der Waals surface area contributed by atoms with E-state index in [9.17, 15) is 9.59 Å². The summed E-state index contributed by atoms with van der Waals surface area (Å²) in [5.74, 6) is 0.499. The van der Waals surface area contributed by atoms with Gasteiger partial charge in [0.05, 0.1) is 21.7 Å². The molecule has 1 aliphatic rings. The van der Waals surface area contributed by atoms with Crippen molar-refractivity contribution in [2.45, 2.75) is 27.7 Å². The molecule has 2 aromatic carbocycles. The standard InChI is InChI=1S/C22H24Cl2N2O3/c1-13(2)11-26-18-8-6-15(10-19(18)29-12-22(3,4)21(26)28)25-20(27)16-9-14(23)5-7-17(16)24/h5-10,13H,11-12H2,1-4H3,(H,25,27). The van der Waals surface area contributed by atoms with Crippen LogP contribution >= 0.6 is 23.2 Å². The Labute approximate surface area is 180 Å². The van der Waals surface area contributed by atoms with E-state index in [1.54, 1.807) is 35.2 Å². The number of benzene rings is 2. The molecule has 0 bridgehead atoms. The Morgan fingerprint density at radius 2 is 1.93 bits per heavy atom. The Balaban J connectivity index is 1.92. The topological polar surface area (TPSA) is 58.6 Å². The number of anilines is 2. The van der Waals surface area contributed by atoms with E-state index in [0.29, 0.717) is 39.6 Å². The smallest absolute Gasteiger partial charge is 0.257 e. The van der Waals surface area contributed by atoms with E-state index in [1.807, 2.05) is 13.8 Å². The van der Waals surface area contributed by atoms with Crippen LogP contribution in [0.5, 0.6) is 5.75 Å². The summed E-state index contributed by atoms with van der Waals surface area (Å²) in [6.45, 7) is 8.72. The number of rotatable bonds is 4. The average molecular weight is 435 g/mol. The summed E-state index contributed by atoms with van der Waals surface area (Å²) in [7, 11) is 0. The number of halogens is 2. The van der Waals surface area contributed by atoms with E-state index in [-0.39, 0.29) is 24.0 Å². The Bertz CT molecular complexity index is 957. The third-order valence-electron chi connectivity index (χ3n) is 4.64. The number of fused-ring (bicyclic) bond motifs is 1. The molecule has 0 atom stereocenters. The number of hydrogen-bond donors (Lipinski definition) is 1. The molecule has 0 aromatic heterocycles. The second-order valence-corrected chi connectivity index (χ2v) is 9.09. The average Bonchev–Trinajstić information content (AvgIpc) is 2.73. The summed E-state index contributed by atoms with van der Waals surface area (Å²) in [5.41, 5.74) is 0.883. The molecule has 5 nitrogen and oxygen atoms in total. The van der Waals surface area contributed by atoms with Gasteiger partial charge in [-0.25, -0.2) is 0 Å². The van der Waals surface area contributed by atoms with Gasteiger partial charge < -0.3 is 15.0 Å². The number of ether oxygens (including phenoxy) is 1. The molecule has 3 rings (SSSR count). The van der Waals surface area contributed by atoms with Crippen molar-refractivity contribution in [1.29, 1.82) is 0 Å². The van der Waals surface area contributed by atoms with Crippen LogP contribution in [0.15, 0.2) is 36.4 Å². The lowest BCUT2D eigenvalue weighted by molar-refractivity contribution is -0.127. The summed E-state index contributed by atoms with van der Waals surface area (Å²) in [6.07, 6.45) is 0. The minimum atomic E-state index is -0.647. The van der Waals surface area contributed by atoms with Gasteiger partial charge in [0, 0.05) is 23.3 Å². The monoisotopic (exact) mass is 434 g/mol. The molecule has 0 fully saturated rings. The molecule has 2 amide bonds. The van der Waals surface area contributed by atoms with Crippen molar-refractivity contribution in [3.8, 4) is 5.75 Å². The van der Waals surface area contributed by atoms with Crippen molar-refractivity contribution in [3.63, 3.8) is 0 Å². The van der Waals surface area contributed by atoms with Crippen LogP contribution in [0.3, 0.4) is 0 Å². The highest BCUT2D eigenvalue weighted by Crippen LogP contribution is 2.38. The fourth-order valence-corrected chi connectivity index (χ4v) is 3.52. The van der Waals surface area contributed by atoms with Crippen LogP contribution in [0, 0.1) is 11.3 Å². The van der Waals surface area contributed by atoms with Crippen LogP contribution in [0.2, 0.25) is 10.0 Å². The van der Waals surface area contributed by atoms with Crippen LogP contribution in [-0.2, 0) is 4.79 Å². The van der Waals surface area contributed by atoms with E-state index in [2.05, 4.69) is 19.2 Å². The maximum atomic E-state index is 13.0. The minimum Gasteiger partial charge on any atom is -0.490 e. The molecule has 0 radical (unpaired) electrons. The SMILES string of the molecule is CC(C)CN1C(=O)C(C)(C)COc2cc(NC(=O)c3cc(Cl)ccc3Cl)ccc21. The summed E-state index contributed by atoms with van der Waals surface area (Å²) in [6, 6.07) is 10.00. The van der Waals surface area contributed by atoms with Gasteiger partial charge in [-0.3, -0.25) is 9.59 Å². The number of carbonyl (C=O) groups is 2. The van der Waals surface area contributed by atoms with E-state index < -0.39 is 5.41 Å². The number of nitrogens with one attached hydrogen (secondary N) is 1. The van der Waals surface area contributed by atoms with Crippen molar-refractivity contribution >= 4 is 46.4 Å². The molecule has 1 heterocycles. The van der Waals surface area contributed by atoms with Gasteiger partial charge in [-0.1, -0.05) is 37.0 Å². The molecule has 0 aliphatic carbocycles. The van der Waals surface area contributed by atoms with Crippen molar-refractivity contribution in [1.82, 2.24) is 0 Å². The third-order valence-corrected chi connectivity index (χ3v) is 5.21. The van der Waals surface area contributed by atoms with Crippen LogP contribution < -0.4 is 15.0 Å². The summed E-state index contributed by atoms with van der Waals surface area (Å²) in [4.78, 5) is 27.4. The number of hydrogen-bond acceptors (Lipinski definition) is 3. The maximum absolute atomic E-state index is 13.0. The number of amides is 2. The fraction of sp³-hybridized carbons (Fsp3) is 0.364. The zero-order chi connectivity index (χ0) is 21.3. The first-order valence-electron chi connectivity index (χ1n) is 9.44. The van der Waals surface area contributed by atoms with Crippen molar-refractivity contribution in [2.24, 2.45) is 11.3 Å². The lowest BCUT2D eigenvalue weighted by Crippen LogP contribution is -2.43. The second-order valence-electron chi connectivity index (χ2n) is 8.24. The number of nitrogens with zero attached hydrogens (tertiary/aromatic N) is 1. The van der Waals surface area contributed by atoms with Crippen molar-refractivity contribution < 1.29 is 14.3 Å². The molecular formula is C22H24Cl2N2O3. The molecule has 29 heavy (non-hydrogen) atoms. The summed E-state index contributed by atoms with van der Waals surface area (Å²) < 4.78 is 5.96. The normalized spacial score (nSPS) is 15.6. The molecule has 1 aliphatic heterocycles. The molecule has 0 spiro atoms. The van der Waals surface area contributed by atoms with Crippen molar-refractivity contribution in [2.75, 3.05) is 23.4 Å². The predicted octanol–water partition coefficient (Wildman–Crippen LogP) is 5.65. The molecule has 7 heteroatoms. The first-order chi connectivity index (χ1) is 13.6. The largest absolute Gasteiger partial charge is 0.490 e. The summed E-state index contributed by atoms with van der Waals surface area (Å²) in [5, 5.41) is 3.56. The Morgan fingerprint density at radius 3 is 2.62 bits per heavy atom. The van der Waals surface area contributed by atoms with Gasteiger partial charge in [-0.15, -0.1) is 0 Å². The van der Waals surface area contributed by atoms with Gasteiger partial charge in [0.25, 0.3) is 5.91 Å². The zero-order valence-corrected chi connectivity index (χ0v) is 18.4. The Kier molecular flexibility index (Phi) is 6.11. The van der Waals surface area contributed by atoms with Crippen molar-refractivity contribution in [3.05, 3.63) is 52.0 Å². The molecule has 0 saturated heterocycles. The second kappa shape index (κ2) is 8.25. The Hall–Kier alpha value is -2.24. The van der Waals surface area contributed by atoms with Crippen LogP contribution in [0.4, 0.5) is 11.4 Å². The van der Waals surface area contributed by atoms with Gasteiger partial charge in [-0.05, 0) is 50.1 Å². The highest BCUT2D eigenvalue weighted by molar-refractivity contribution is 6.36. The van der Waals surface area contributed by atoms with E-state index in [1.165, 1.54) is 6.07 Å². The molecule has 2 aromatic rings. The van der Waals surface area contributed by atoms with E-state index in [0.717, 1.165) is 0 Å². The van der Waals surface area contributed by atoms with Crippen LogP contribution in [-0.4, -0.2) is 25.0 Å². The van der Waals surface area contributed by atoms with E-state index >= 15 is 0 Å². The molecule has 1 N–H and O–H groups in total. The lowest BCUT2D eigenvalue weighted by atomic mass is 9.92. The number of carbonyl (C=O) groups excluding carboxylic acids is 2. The quantitative estimate of drug-likeness (QED) is 0.675. The maximum Gasteiger partial charge on any atom is 0.257 e. The first kappa shape index (κ1) is 21.5. The first-order valence-corrected chi connectivity index (χ1v) is 10.2. The fourth-order valence-electron chi connectivity index (χ4n) is 3.14. The van der Waals surface area contributed by atoms with Gasteiger partial charge in [-0.2, -0.15) is 0 Å².